The summed E-state index contributed by atoms with van der Waals surface area (Å²) in [6.45, 7) is 7.19. The van der Waals surface area contributed by atoms with Crippen LogP contribution in [0, 0.1) is 13.8 Å². The van der Waals surface area contributed by atoms with Crippen LogP contribution in [0.15, 0.2) is 40.9 Å². The van der Waals surface area contributed by atoms with E-state index in [1.54, 1.807) is 0 Å². The highest BCUT2D eigenvalue weighted by Gasteiger charge is 2.11. The number of halogens is 1. The zero-order valence-corrected chi connectivity index (χ0v) is 12.5. The molecule has 1 heterocycles. The van der Waals surface area contributed by atoms with Gasteiger partial charge in [-0.05, 0) is 60.5 Å². The molecule has 0 radical (unpaired) electrons. The predicted molar refractivity (Wildman–Crippen MR) is 80.5 cm³/mol. The molecule has 2 nitrogen and oxygen atoms in total. The van der Waals surface area contributed by atoms with Gasteiger partial charge < -0.3 is 4.90 Å². The first-order valence-corrected chi connectivity index (χ1v) is 6.89. The molecule has 0 atom stereocenters. The summed E-state index contributed by atoms with van der Waals surface area (Å²) in [6.07, 6.45) is 0. The zero-order valence-electron chi connectivity index (χ0n) is 10.9. The van der Waals surface area contributed by atoms with Gasteiger partial charge in [-0.1, -0.05) is 18.2 Å². The Balaban J connectivity index is 2.45. The van der Waals surface area contributed by atoms with Crippen LogP contribution in [0.2, 0.25) is 0 Å². The summed E-state index contributed by atoms with van der Waals surface area (Å²) in [5.74, 6) is 0.993. The smallest absolute Gasteiger partial charge is 0.133 e. The maximum atomic E-state index is 4.64. The second kappa shape index (κ2) is 5.53. The van der Waals surface area contributed by atoms with Crippen LogP contribution in [0.3, 0.4) is 0 Å². The third kappa shape index (κ3) is 2.56. The largest absolute Gasteiger partial charge is 0.326 e. The van der Waals surface area contributed by atoms with Crippen molar-refractivity contribution in [3.63, 3.8) is 0 Å². The van der Waals surface area contributed by atoms with E-state index in [9.17, 15) is 0 Å². The molecule has 1 aromatic carbocycles. The van der Waals surface area contributed by atoms with Crippen LogP contribution < -0.4 is 4.90 Å². The molecule has 0 unspecified atom stereocenters. The standard InChI is InChI=1S/C15H17BrN2/c1-4-18(14-8-6-5-7-11(14)2)15-10-9-13(16)12(3)17-15/h5-10H,4H2,1-3H3. The number of pyridine rings is 1. The summed E-state index contributed by atoms with van der Waals surface area (Å²) in [6, 6.07) is 12.5. The molecule has 94 valence electrons. The monoisotopic (exact) mass is 304 g/mol. The number of aryl methyl sites for hydroxylation is 2. The SMILES string of the molecule is CCN(c1ccc(Br)c(C)n1)c1ccccc1C. The van der Waals surface area contributed by atoms with Gasteiger partial charge in [0.2, 0.25) is 0 Å². The minimum Gasteiger partial charge on any atom is -0.326 e. The quantitative estimate of drug-likeness (QED) is 0.822. The molecule has 0 spiro atoms. The molecule has 0 aliphatic heterocycles. The molecule has 0 saturated carbocycles. The highest BCUT2D eigenvalue weighted by Crippen LogP contribution is 2.28. The molecular formula is C15H17BrN2. The highest BCUT2D eigenvalue weighted by molar-refractivity contribution is 9.10. The summed E-state index contributed by atoms with van der Waals surface area (Å²) in [5, 5.41) is 0. The van der Waals surface area contributed by atoms with Crippen LogP contribution in [-0.4, -0.2) is 11.5 Å². The lowest BCUT2D eigenvalue weighted by molar-refractivity contribution is 0.970. The molecule has 2 aromatic rings. The molecule has 18 heavy (non-hydrogen) atoms. The third-order valence-electron chi connectivity index (χ3n) is 3.01. The van der Waals surface area contributed by atoms with Crippen molar-refractivity contribution in [2.75, 3.05) is 11.4 Å². The van der Waals surface area contributed by atoms with Crippen LogP contribution in [0.1, 0.15) is 18.2 Å². The average molecular weight is 305 g/mol. The Bertz CT molecular complexity index is 552. The van der Waals surface area contributed by atoms with Crippen molar-refractivity contribution in [2.24, 2.45) is 0 Å². The maximum absolute atomic E-state index is 4.64. The van der Waals surface area contributed by atoms with Gasteiger partial charge in [0.05, 0.1) is 5.69 Å². The number of nitrogens with zero attached hydrogens (tertiary/aromatic N) is 2. The molecule has 0 aliphatic rings. The van der Waals surface area contributed by atoms with Gasteiger partial charge in [-0.25, -0.2) is 4.98 Å². The van der Waals surface area contributed by atoms with E-state index < -0.39 is 0 Å². The van der Waals surface area contributed by atoms with E-state index in [4.69, 9.17) is 0 Å². The number of rotatable bonds is 3. The van der Waals surface area contributed by atoms with Crippen LogP contribution in [0.4, 0.5) is 11.5 Å². The molecular weight excluding hydrogens is 288 g/mol. The van der Waals surface area contributed by atoms with Crippen LogP contribution in [-0.2, 0) is 0 Å². The number of hydrogen-bond acceptors (Lipinski definition) is 2. The van der Waals surface area contributed by atoms with Gasteiger partial charge in [0.1, 0.15) is 5.82 Å². The van der Waals surface area contributed by atoms with E-state index in [2.05, 4.69) is 70.0 Å². The van der Waals surface area contributed by atoms with Crippen molar-refractivity contribution in [3.8, 4) is 0 Å². The molecule has 3 heteroatoms. The maximum Gasteiger partial charge on any atom is 0.133 e. The molecule has 0 aliphatic carbocycles. The van der Waals surface area contributed by atoms with Gasteiger partial charge in [0.25, 0.3) is 0 Å². The fourth-order valence-electron chi connectivity index (χ4n) is 2.00. The lowest BCUT2D eigenvalue weighted by Crippen LogP contribution is -2.18. The van der Waals surface area contributed by atoms with Crippen molar-refractivity contribution in [3.05, 3.63) is 52.1 Å². The van der Waals surface area contributed by atoms with Crippen molar-refractivity contribution in [1.82, 2.24) is 4.98 Å². The Morgan fingerprint density at radius 2 is 1.83 bits per heavy atom. The molecule has 0 N–H and O–H groups in total. The molecule has 0 amide bonds. The number of anilines is 2. The van der Waals surface area contributed by atoms with Gasteiger partial charge in [-0.15, -0.1) is 0 Å². The lowest BCUT2D eigenvalue weighted by Gasteiger charge is -2.24. The number of benzene rings is 1. The number of aromatic nitrogens is 1. The Kier molecular flexibility index (Phi) is 4.02. The lowest BCUT2D eigenvalue weighted by atomic mass is 10.2. The van der Waals surface area contributed by atoms with E-state index >= 15 is 0 Å². The molecule has 0 saturated heterocycles. The summed E-state index contributed by atoms with van der Waals surface area (Å²) in [5.41, 5.74) is 3.50. The number of hydrogen-bond donors (Lipinski definition) is 0. The molecule has 0 bridgehead atoms. The minimum absolute atomic E-state index is 0.902. The van der Waals surface area contributed by atoms with Gasteiger partial charge in [0, 0.05) is 16.7 Å². The summed E-state index contributed by atoms with van der Waals surface area (Å²) < 4.78 is 1.05. The van der Waals surface area contributed by atoms with Crippen molar-refractivity contribution in [2.45, 2.75) is 20.8 Å². The van der Waals surface area contributed by atoms with E-state index in [1.807, 2.05) is 13.0 Å². The molecule has 0 fully saturated rings. The van der Waals surface area contributed by atoms with Gasteiger partial charge in [0.15, 0.2) is 0 Å². The van der Waals surface area contributed by atoms with Crippen molar-refractivity contribution in [1.29, 1.82) is 0 Å². The predicted octanol–water partition coefficient (Wildman–Crippen LogP) is 4.62. The Morgan fingerprint density at radius 1 is 1.11 bits per heavy atom. The minimum atomic E-state index is 0.902. The Hall–Kier alpha value is -1.35. The third-order valence-corrected chi connectivity index (χ3v) is 3.84. The second-order valence-electron chi connectivity index (χ2n) is 4.27. The van der Waals surface area contributed by atoms with Gasteiger partial charge >= 0.3 is 0 Å². The fraction of sp³-hybridized carbons (Fsp3) is 0.267. The van der Waals surface area contributed by atoms with Crippen LogP contribution >= 0.6 is 15.9 Å². The summed E-state index contributed by atoms with van der Waals surface area (Å²) in [4.78, 5) is 6.87. The zero-order chi connectivity index (χ0) is 13.1. The highest BCUT2D eigenvalue weighted by atomic mass is 79.9. The Labute approximate surface area is 117 Å². The first-order valence-electron chi connectivity index (χ1n) is 6.09. The van der Waals surface area contributed by atoms with E-state index in [0.29, 0.717) is 0 Å². The van der Waals surface area contributed by atoms with Crippen molar-refractivity contribution < 1.29 is 0 Å². The molecule has 1 aromatic heterocycles. The van der Waals surface area contributed by atoms with Crippen LogP contribution in [0.25, 0.3) is 0 Å². The molecule has 2 rings (SSSR count). The fourth-order valence-corrected chi connectivity index (χ4v) is 2.22. The van der Waals surface area contributed by atoms with Gasteiger partial charge in [-0.3, -0.25) is 0 Å². The normalized spacial score (nSPS) is 10.4. The topological polar surface area (TPSA) is 16.1 Å². The first-order chi connectivity index (χ1) is 8.63. The summed E-state index contributed by atoms with van der Waals surface area (Å²) >= 11 is 3.49. The van der Waals surface area contributed by atoms with Gasteiger partial charge in [-0.2, -0.15) is 0 Å². The van der Waals surface area contributed by atoms with E-state index in [0.717, 1.165) is 22.5 Å². The van der Waals surface area contributed by atoms with Crippen molar-refractivity contribution >= 4 is 27.4 Å². The number of para-hydroxylation sites is 1. The van der Waals surface area contributed by atoms with E-state index in [-0.39, 0.29) is 0 Å². The average Bonchev–Trinajstić information content (AvgIpc) is 2.37. The van der Waals surface area contributed by atoms with E-state index in [1.165, 1.54) is 11.3 Å². The summed E-state index contributed by atoms with van der Waals surface area (Å²) in [7, 11) is 0. The first kappa shape index (κ1) is 13.1. The second-order valence-corrected chi connectivity index (χ2v) is 5.12. The van der Waals surface area contributed by atoms with Crippen LogP contribution in [0.5, 0.6) is 0 Å². The Morgan fingerprint density at radius 3 is 2.44 bits per heavy atom.